The lowest BCUT2D eigenvalue weighted by Gasteiger charge is -2.36. The van der Waals surface area contributed by atoms with E-state index in [-0.39, 0.29) is 5.41 Å². The molecular weight excluding hydrogens is 210 g/mol. The fourth-order valence-corrected chi connectivity index (χ4v) is 2.45. The number of hydrogen-bond acceptors (Lipinski definition) is 2. The van der Waals surface area contributed by atoms with E-state index in [1.165, 1.54) is 5.57 Å². The zero-order chi connectivity index (χ0) is 12.3. The molecule has 0 amide bonds. The molecule has 0 bridgehead atoms. The summed E-state index contributed by atoms with van der Waals surface area (Å²) in [7, 11) is 0. The molecule has 0 aromatic rings. The van der Waals surface area contributed by atoms with Gasteiger partial charge in [-0.05, 0) is 12.0 Å². The number of hydrogen-bond donors (Lipinski definition) is 0. The highest BCUT2D eigenvalue weighted by Crippen LogP contribution is 2.25. The number of likely N-dealkylation sites (tertiary alicyclic amines) is 1. The first kappa shape index (κ1) is 12.3. The maximum absolute atomic E-state index is 11.7. The van der Waals surface area contributed by atoms with Crippen molar-refractivity contribution in [1.82, 2.24) is 4.90 Å². The van der Waals surface area contributed by atoms with E-state index in [1.54, 1.807) is 0 Å². The fourth-order valence-electron chi connectivity index (χ4n) is 2.45. The van der Waals surface area contributed by atoms with E-state index in [2.05, 4.69) is 49.1 Å². The number of nitrogens with zero attached hydrogens (tertiary/aromatic N) is 1. The second-order valence-electron chi connectivity index (χ2n) is 5.58. The molecule has 17 heavy (non-hydrogen) atoms. The summed E-state index contributed by atoms with van der Waals surface area (Å²) in [4.78, 5) is 14.1. The molecule has 0 unspecified atom stereocenters. The number of allylic oxidation sites excluding steroid dienone is 4. The third kappa shape index (κ3) is 3.16. The predicted octanol–water partition coefficient (Wildman–Crippen LogP) is 2.73. The van der Waals surface area contributed by atoms with Crippen molar-refractivity contribution in [2.45, 2.75) is 26.7 Å². The SMILES string of the molecule is CC1(C)CN(CC2=CC=CCC=C2)CCC1=O. The van der Waals surface area contributed by atoms with E-state index in [0.717, 1.165) is 26.1 Å². The summed E-state index contributed by atoms with van der Waals surface area (Å²) in [6.45, 7) is 6.84. The third-order valence-corrected chi connectivity index (χ3v) is 3.49. The Labute approximate surface area is 104 Å². The van der Waals surface area contributed by atoms with E-state index in [4.69, 9.17) is 0 Å². The Morgan fingerprint density at radius 2 is 2.18 bits per heavy atom. The molecule has 2 aliphatic rings. The van der Waals surface area contributed by atoms with Crippen molar-refractivity contribution in [2.24, 2.45) is 5.41 Å². The van der Waals surface area contributed by atoms with Crippen LogP contribution in [0.15, 0.2) is 36.0 Å². The normalized spacial score (nSPS) is 24.6. The molecular formula is C15H21NO. The Morgan fingerprint density at radius 1 is 1.35 bits per heavy atom. The summed E-state index contributed by atoms with van der Waals surface area (Å²) in [6, 6.07) is 0. The Bertz CT molecular complexity index is 388. The van der Waals surface area contributed by atoms with Crippen molar-refractivity contribution in [2.75, 3.05) is 19.6 Å². The fraction of sp³-hybridized carbons (Fsp3) is 0.533. The van der Waals surface area contributed by atoms with Gasteiger partial charge in [0.25, 0.3) is 0 Å². The molecule has 0 spiro atoms. The Balaban J connectivity index is 1.98. The van der Waals surface area contributed by atoms with Gasteiger partial charge in [0.1, 0.15) is 5.78 Å². The molecule has 1 heterocycles. The van der Waals surface area contributed by atoms with Gasteiger partial charge in [0.15, 0.2) is 0 Å². The molecule has 2 rings (SSSR count). The standard InChI is InChI=1S/C15H21NO/c1-15(2)12-16(10-9-14(15)17)11-13-7-5-3-4-6-8-13/h3,5-8H,4,9-12H2,1-2H3. The Morgan fingerprint density at radius 3 is 2.94 bits per heavy atom. The summed E-state index contributed by atoms with van der Waals surface area (Å²) in [6.07, 6.45) is 12.6. The Kier molecular flexibility index (Phi) is 3.63. The van der Waals surface area contributed by atoms with Gasteiger partial charge in [0, 0.05) is 31.5 Å². The number of piperidine rings is 1. The van der Waals surface area contributed by atoms with Crippen molar-refractivity contribution >= 4 is 5.78 Å². The molecule has 0 atom stereocenters. The van der Waals surface area contributed by atoms with Gasteiger partial charge in [-0.2, -0.15) is 0 Å². The van der Waals surface area contributed by atoms with Crippen molar-refractivity contribution < 1.29 is 4.79 Å². The van der Waals surface area contributed by atoms with Crippen LogP contribution in [0, 0.1) is 5.41 Å². The number of carbonyl (C=O) groups excluding carboxylic acids is 1. The largest absolute Gasteiger partial charge is 0.299 e. The minimum absolute atomic E-state index is 0.177. The molecule has 0 saturated carbocycles. The highest BCUT2D eigenvalue weighted by Gasteiger charge is 2.33. The van der Waals surface area contributed by atoms with E-state index < -0.39 is 0 Å². The minimum Gasteiger partial charge on any atom is -0.299 e. The number of rotatable bonds is 2. The van der Waals surface area contributed by atoms with Gasteiger partial charge in [-0.25, -0.2) is 0 Å². The molecule has 0 aromatic carbocycles. The van der Waals surface area contributed by atoms with Crippen molar-refractivity contribution in [3.8, 4) is 0 Å². The van der Waals surface area contributed by atoms with E-state index in [9.17, 15) is 4.79 Å². The van der Waals surface area contributed by atoms with Crippen molar-refractivity contribution in [3.63, 3.8) is 0 Å². The maximum Gasteiger partial charge on any atom is 0.141 e. The number of Topliss-reactive ketones (excluding diaryl/α,β-unsaturated/α-hetero) is 1. The van der Waals surface area contributed by atoms with Crippen LogP contribution in [0.3, 0.4) is 0 Å². The molecule has 0 aromatic heterocycles. The summed E-state index contributed by atoms with van der Waals surface area (Å²) < 4.78 is 0. The smallest absolute Gasteiger partial charge is 0.141 e. The zero-order valence-electron chi connectivity index (χ0n) is 10.8. The average molecular weight is 231 g/mol. The van der Waals surface area contributed by atoms with Gasteiger partial charge in [-0.15, -0.1) is 0 Å². The lowest BCUT2D eigenvalue weighted by atomic mass is 9.82. The van der Waals surface area contributed by atoms with Crippen molar-refractivity contribution in [1.29, 1.82) is 0 Å². The molecule has 1 fully saturated rings. The molecule has 1 aliphatic heterocycles. The first-order valence-electron chi connectivity index (χ1n) is 6.36. The van der Waals surface area contributed by atoms with E-state index >= 15 is 0 Å². The summed E-state index contributed by atoms with van der Waals surface area (Å²) in [5.41, 5.74) is 1.16. The summed E-state index contributed by atoms with van der Waals surface area (Å²) >= 11 is 0. The highest BCUT2D eigenvalue weighted by atomic mass is 16.1. The van der Waals surface area contributed by atoms with Crippen LogP contribution in [0.25, 0.3) is 0 Å². The minimum atomic E-state index is -0.177. The molecule has 2 nitrogen and oxygen atoms in total. The molecule has 1 aliphatic carbocycles. The van der Waals surface area contributed by atoms with Crippen LogP contribution in [0.5, 0.6) is 0 Å². The van der Waals surface area contributed by atoms with Gasteiger partial charge in [0.05, 0.1) is 0 Å². The van der Waals surface area contributed by atoms with Gasteiger partial charge < -0.3 is 0 Å². The summed E-state index contributed by atoms with van der Waals surface area (Å²) in [5.74, 6) is 0.402. The van der Waals surface area contributed by atoms with Crippen LogP contribution in [0.1, 0.15) is 26.7 Å². The predicted molar refractivity (Wildman–Crippen MR) is 70.8 cm³/mol. The Hall–Kier alpha value is -1.15. The van der Waals surface area contributed by atoms with Crippen molar-refractivity contribution in [3.05, 3.63) is 36.0 Å². The number of carbonyl (C=O) groups is 1. The molecule has 92 valence electrons. The topological polar surface area (TPSA) is 20.3 Å². The van der Waals surface area contributed by atoms with E-state index in [0.29, 0.717) is 12.2 Å². The lowest BCUT2D eigenvalue weighted by molar-refractivity contribution is -0.131. The van der Waals surface area contributed by atoms with Gasteiger partial charge in [-0.1, -0.05) is 44.2 Å². The highest BCUT2D eigenvalue weighted by molar-refractivity contribution is 5.85. The lowest BCUT2D eigenvalue weighted by Crippen LogP contribution is -2.46. The van der Waals surface area contributed by atoms with Gasteiger partial charge >= 0.3 is 0 Å². The van der Waals surface area contributed by atoms with Crippen LogP contribution >= 0.6 is 0 Å². The van der Waals surface area contributed by atoms with Crippen LogP contribution in [-0.2, 0) is 4.79 Å². The average Bonchev–Trinajstić information content (AvgIpc) is 2.52. The monoisotopic (exact) mass is 231 g/mol. The number of ketones is 1. The van der Waals surface area contributed by atoms with Crippen LogP contribution in [-0.4, -0.2) is 30.3 Å². The van der Waals surface area contributed by atoms with Crippen LogP contribution in [0.2, 0.25) is 0 Å². The van der Waals surface area contributed by atoms with Crippen LogP contribution < -0.4 is 0 Å². The van der Waals surface area contributed by atoms with Crippen LogP contribution in [0.4, 0.5) is 0 Å². The van der Waals surface area contributed by atoms with E-state index in [1.807, 2.05) is 0 Å². The zero-order valence-corrected chi connectivity index (χ0v) is 10.8. The van der Waals surface area contributed by atoms with Gasteiger partial charge in [0.2, 0.25) is 0 Å². The molecule has 0 radical (unpaired) electrons. The molecule has 0 N–H and O–H groups in total. The second kappa shape index (κ2) is 5.01. The maximum atomic E-state index is 11.7. The first-order chi connectivity index (χ1) is 8.08. The first-order valence-corrected chi connectivity index (χ1v) is 6.36. The quantitative estimate of drug-likeness (QED) is 0.728. The molecule has 2 heteroatoms. The van der Waals surface area contributed by atoms with Gasteiger partial charge in [-0.3, -0.25) is 9.69 Å². The summed E-state index contributed by atoms with van der Waals surface area (Å²) in [5, 5.41) is 0. The third-order valence-electron chi connectivity index (χ3n) is 3.49. The second-order valence-corrected chi connectivity index (χ2v) is 5.58. The molecule has 1 saturated heterocycles.